The van der Waals surface area contributed by atoms with E-state index in [0.717, 1.165) is 25.6 Å². The molecule has 1 aliphatic heterocycles. The number of nitrogens with zero attached hydrogens (tertiary/aromatic N) is 1. The molecule has 0 spiro atoms. The molecule has 2 rings (SSSR count). The molecule has 16 heavy (non-hydrogen) atoms. The second-order valence-electron chi connectivity index (χ2n) is 4.98. The van der Waals surface area contributed by atoms with Gasteiger partial charge in [-0.05, 0) is 36.9 Å². The third-order valence-electron chi connectivity index (χ3n) is 3.75. The molecule has 1 fully saturated rings. The fraction of sp³-hybridized carbons (Fsp3) is 0.571. The number of piperidine rings is 1. The highest BCUT2D eigenvalue weighted by molar-refractivity contribution is 5.14. The minimum atomic E-state index is 0.678. The van der Waals surface area contributed by atoms with E-state index in [-0.39, 0.29) is 0 Å². The van der Waals surface area contributed by atoms with Crippen LogP contribution in [0.2, 0.25) is 0 Å². The molecule has 2 nitrogen and oxygen atoms in total. The maximum absolute atomic E-state index is 5.82. The summed E-state index contributed by atoms with van der Waals surface area (Å²) in [5.41, 5.74) is 7.23. The highest BCUT2D eigenvalue weighted by Gasteiger charge is 2.24. The third-order valence-corrected chi connectivity index (χ3v) is 3.75. The van der Waals surface area contributed by atoms with Crippen LogP contribution < -0.4 is 5.73 Å². The minimum absolute atomic E-state index is 0.678. The summed E-state index contributed by atoms with van der Waals surface area (Å²) in [7, 11) is 0. The van der Waals surface area contributed by atoms with Crippen molar-refractivity contribution >= 4 is 0 Å². The summed E-state index contributed by atoms with van der Waals surface area (Å²) >= 11 is 0. The van der Waals surface area contributed by atoms with Crippen molar-refractivity contribution in [2.24, 2.45) is 17.6 Å². The lowest BCUT2D eigenvalue weighted by atomic mass is 9.87. The number of nitrogens with two attached hydrogens (primary N) is 1. The molecule has 0 amide bonds. The summed E-state index contributed by atoms with van der Waals surface area (Å²) in [5.74, 6) is 1.47. The van der Waals surface area contributed by atoms with Crippen molar-refractivity contribution in [3.63, 3.8) is 0 Å². The first-order chi connectivity index (χ1) is 7.79. The molecule has 88 valence electrons. The van der Waals surface area contributed by atoms with Gasteiger partial charge in [-0.3, -0.25) is 4.90 Å². The van der Waals surface area contributed by atoms with Gasteiger partial charge in [-0.15, -0.1) is 0 Å². The molecule has 2 atom stereocenters. The molecule has 0 aliphatic carbocycles. The van der Waals surface area contributed by atoms with Gasteiger partial charge in [0.15, 0.2) is 0 Å². The monoisotopic (exact) mass is 218 g/mol. The molecule has 0 saturated carbocycles. The normalized spacial score (nSPS) is 26.9. The van der Waals surface area contributed by atoms with Crippen LogP contribution in [0.25, 0.3) is 0 Å². The van der Waals surface area contributed by atoms with E-state index >= 15 is 0 Å². The molecule has 0 unspecified atom stereocenters. The zero-order valence-electron chi connectivity index (χ0n) is 10.1. The van der Waals surface area contributed by atoms with Crippen LogP contribution in [-0.4, -0.2) is 24.5 Å². The van der Waals surface area contributed by atoms with E-state index in [1.807, 2.05) is 0 Å². The molecule has 0 bridgehead atoms. The molecular formula is C14H22N2. The first-order valence-corrected chi connectivity index (χ1v) is 6.26. The summed E-state index contributed by atoms with van der Waals surface area (Å²) in [4.78, 5) is 2.53. The van der Waals surface area contributed by atoms with Gasteiger partial charge < -0.3 is 5.73 Å². The molecule has 0 radical (unpaired) electrons. The van der Waals surface area contributed by atoms with Crippen molar-refractivity contribution in [1.29, 1.82) is 0 Å². The SMILES string of the molecule is C[C@@H]1CCN(Cc2ccccc2)C[C@H]1CN. The van der Waals surface area contributed by atoms with Crippen LogP contribution in [0, 0.1) is 11.8 Å². The van der Waals surface area contributed by atoms with E-state index in [0.29, 0.717) is 5.92 Å². The fourth-order valence-corrected chi connectivity index (χ4v) is 2.52. The average molecular weight is 218 g/mol. The van der Waals surface area contributed by atoms with E-state index < -0.39 is 0 Å². The Hall–Kier alpha value is -0.860. The number of hydrogen-bond acceptors (Lipinski definition) is 2. The fourth-order valence-electron chi connectivity index (χ4n) is 2.52. The van der Waals surface area contributed by atoms with Gasteiger partial charge in [0.05, 0.1) is 0 Å². The zero-order valence-corrected chi connectivity index (χ0v) is 10.1. The van der Waals surface area contributed by atoms with Crippen LogP contribution in [0.3, 0.4) is 0 Å². The molecular weight excluding hydrogens is 196 g/mol. The van der Waals surface area contributed by atoms with Gasteiger partial charge in [0, 0.05) is 13.1 Å². The van der Waals surface area contributed by atoms with Crippen molar-refractivity contribution < 1.29 is 0 Å². The van der Waals surface area contributed by atoms with Crippen molar-refractivity contribution in [2.45, 2.75) is 19.9 Å². The van der Waals surface area contributed by atoms with Gasteiger partial charge in [0.1, 0.15) is 0 Å². The molecule has 1 aromatic rings. The van der Waals surface area contributed by atoms with Gasteiger partial charge in [0.2, 0.25) is 0 Å². The van der Waals surface area contributed by atoms with E-state index in [1.165, 1.54) is 18.5 Å². The summed E-state index contributed by atoms with van der Waals surface area (Å²) in [5, 5.41) is 0. The predicted molar refractivity (Wildman–Crippen MR) is 68.0 cm³/mol. The Balaban J connectivity index is 1.92. The van der Waals surface area contributed by atoms with Crippen molar-refractivity contribution in [3.05, 3.63) is 35.9 Å². The van der Waals surface area contributed by atoms with Crippen molar-refractivity contribution in [1.82, 2.24) is 4.90 Å². The summed E-state index contributed by atoms with van der Waals surface area (Å²) in [6, 6.07) is 10.7. The molecule has 1 heterocycles. The van der Waals surface area contributed by atoms with Crippen LogP contribution >= 0.6 is 0 Å². The highest BCUT2D eigenvalue weighted by atomic mass is 15.1. The highest BCUT2D eigenvalue weighted by Crippen LogP contribution is 2.23. The Labute approximate surface area is 98.4 Å². The molecule has 2 N–H and O–H groups in total. The van der Waals surface area contributed by atoms with Crippen LogP contribution in [0.4, 0.5) is 0 Å². The topological polar surface area (TPSA) is 29.3 Å². The lowest BCUT2D eigenvalue weighted by Crippen LogP contribution is -2.42. The molecule has 0 aromatic heterocycles. The molecule has 1 saturated heterocycles. The molecule has 1 aromatic carbocycles. The second kappa shape index (κ2) is 5.46. The summed E-state index contributed by atoms with van der Waals surface area (Å²) in [6.07, 6.45) is 1.29. The maximum atomic E-state index is 5.82. The average Bonchev–Trinajstić information content (AvgIpc) is 2.33. The number of likely N-dealkylation sites (tertiary alicyclic amines) is 1. The van der Waals surface area contributed by atoms with E-state index in [2.05, 4.69) is 42.2 Å². The van der Waals surface area contributed by atoms with Gasteiger partial charge in [-0.2, -0.15) is 0 Å². The maximum Gasteiger partial charge on any atom is 0.0233 e. The Kier molecular flexibility index (Phi) is 3.97. The van der Waals surface area contributed by atoms with E-state index in [1.54, 1.807) is 0 Å². The Morgan fingerprint density at radius 2 is 2.06 bits per heavy atom. The largest absolute Gasteiger partial charge is 0.330 e. The number of benzene rings is 1. The van der Waals surface area contributed by atoms with Gasteiger partial charge in [-0.1, -0.05) is 37.3 Å². The van der Waals surface area contributed by atoms with E-state index in [9.17, 15) is 0 Å². The zero-order chi connectivity index (χ0) is 11.4. The predicted octanol–water partition coefficient (Wildman–Crippen LogP) is 2.10. The van der Waals surface area contributed by atoms with Crippen LogP contribution in [0.15, 0.2) is 30.3 Å². The standard InChI is InChI=1S/C14H22N2/c1-12-7-8-16(11-14(12)9-15)10-13-5-3-2-4-6-13/h2-6,12,14H,7-11,15H2,1H3/t12-,14-/m1/s1. The summed E-state index contributed by atoms with van der Waals surface area (Å²) < 4.78 is 0. The Morgan fingerprint density at radius 1 is 1.31 bits per heavy atom. The van der Waals surface area contributed by atoms with Gasteiger partial charge in [-0.25, -0.2) is 0 Å². The quantitative estimate of drug-likeness (QED) is 0.842. The molecule has 1 aliphatic rings. The minimum Gasteiger partial charge on any atom is -0.330 e. The van der Waals surface area contributed by atoms with Crippen molar-refractivity contribution in [3.8, 4) is 0 Å². The second-order valence-corrected chi connectivity index (χ2v) is 4.98. The first-order valence-electron chi connectivity index (χ1n) is 6.26. The smallest absolute Gasteiger partial charge is 0.0233 e. The number of hydrogen-bond donors (Lipinski definition) is 1. The third kappa shape index (κ3) is 2.83. The van der Waals surface area contributed by atoms with Gasteiger partial charge >= 0.3 is 0 Å². The molecule has 2 heteroatoms. The first kappa shape index (κ1) is 11.6. The van der Waals surface area contributed by atoms with Crippen molar-refractivity contribution in [2.75, 3.05) is 19.6 Å². The Morgan fingerprint density at radius 3 is 2.75 bits per heavy atom. The van der Waals surface area contributed by atoms with Crippen LogP contribution in [0.5, 0.6) is 0 Å². The van der Waals surface area contributed by atoms with Gasteiger partial charge in [0.25, 0.3) is 0 Å². The lowest BCUT2D eigenvalue weighted by molar-refractivity contribution is 0.126. The Bertz CT molecular complexity index is 310. The van der Waals surface area contributed by atoms with Crippen LogP contribution in [0.1, 0.15) is 18.9 Å². The van der Waals surface area contributed by atoms with E-state index in [4.69, 9.17) is 5.73 Å². The summed E-state index contributed by atoms with van der Waals surface area (Å²) in [6.45, 7) is 6.60. The lowest BCUT2D eigenvalue weighted by Gasteiger charge is -2.36. The van der Waals surface area contributed by atoms with Crippen LogP contribution in [-0.2, 0) is 6.54 Å². The number of rotatable bonds is 3.